The van der Waals surface area contributed by atoms with E-state index in [4.69, 9.17) is 5.73 Å². The van der Waals surface area contributed by atoms with Crippen molar-refractivity contribution in [2.45, 2.75) is 77.2 Å². The fourth-order valence-corrected chi connectivity index (χ4v) is 4.05. The van der Waals surface area contributed by atoms with Gasteiger partial charge >= 0.3 is 0 Å². The summed E-state index contributed by atoms with van der Waals surface area (Å²) in [6, 6.07) is -0.641. The molecule has 0 aromatic rings. The molecule has 0 aromatic heterocycles. The van der Waals surface area contributed by atoms with Crippen LogP contribution >= 0.6 is 0 Å². The minimum atomic E-state index is -0.641. The van der Waals surface area contributed by atoms with Gasteiger partial charge in [-0.1, -0.05) is 32.6 Å². The summed E-state index contributed by atoms with van der Waals surface area (Å²) in [5.41, 5.74) is 6.01. The van der Waals surface area contributed by atoms with Gasteiger partial charge in [0.05, 0.1) is 6.04 Å². The summed E-state index contributed by atoms with van der Waals surface area (Å²) in [5.74, 6) is 0.802. The van der Waals surface area contributed by atoms with Crippen LogP contribution in [0.2, 0.25) is 0 Å². The molecule has 1 heterocycles. The van der Waals surface area contributed by atoms with Crippen LogP contribution < -0.4 is 11.1 Å². The SMILES string of the molecule is CCCCCC1CCC(C(=O)C2CCCNC(=O)[C@H]2N)CC1. The van der Waals surface area contributed by atoms with Crippen LogP contribution in [0.1, 0.15) is 71.1 Å². The number of nitrogens with one attached hydrogen (secondary N) is 1. The minimum absolute atomic E-state index is 0.143. The second kappa shape index (κ2) is 8.66. The number of amides is 1. The zero-order valence-corrected chi connectivity index (χ0v) is 14.0. The van der Waals surface area contributed by atoms with Gasteiger partial charge in [0.25, 0.3) is 0 Å². The lowest BCUT2D eigenvalue weighted by atomic mass is 9.74. The molecule has 3 N–H and O–H groups in total. The van der Waals surface area contributed by atoms with Crippen LogP contribution in [0, 0.1) is 17.8 Å². The number of rotatable bonds is 6. The normalized spacial score (nSPS) is 33.1. The third kappa shape index (κ3) is 4.55. The van der Waals surface area contributed by atoms with Crippen LogP contribution in [0.25, 0.3) is 0 Å². The molecule has 22 heavy (non-hydrogen) atoms. The van der Waals surface area contributed by atoms with Gasteiger partial charge in [0, 0.05) is 18.4 Å². The van der Waals surface area contributed by atoms with Crippen molar-refractivity contribution in [3.8, 4) is 0 Å². The topological polar surface area (TPSA) is 72.2 Å². The van der Waals surface area contributed by atoms with Gasteiger partial charge < -0.3 is 11.1 Å². The number of hydrogen-bond donors (Lipinski definition) is 2. The molecule has 1 saturated heterocycles. The molecule has 1 saturated carbocycles. The Kier molecular flexibility index (Phi) is 6.87. The van der Waals surface area contributed by atoms with Crippen molar-refractivity contribution < 1.29 is 9.59 Å². The van der Waals surface area contributed by atoms with Gasteiger partial charge in [-0.25, -0.2) is 0 Å². The third-order valence-electron chi connectivity index (χ3n) is 5.56. The van der Waals surface area contributed by atoms with Crippen LogP contribution in [-0.2, 0) is 9.59 Å². The van der Waals surface area contributed by atoms with Gasteiger partial charge in [0.2, 0.25) is 5.91 Å². The molecular formula is C18H32N2O2. The van der Waals surface area contributed by atoms with Crippen LogP contribution in [0.4, 0.5) is 0 Å². The second-order valence-electron chi connectivity index (χ2n) is 7.18. The molecule has 1 amide bonds. The van der Waals surface area contributed by atoms with E-state index < -0.39 is 6.04 Å². The van der Waals surface area contributed by atoms with Gasteiger partial charge in [-0.05, 0) is 44.4 Å². The predicted molar refractivity (Wildman–Crippen MR) is 88.3 cm³/mol. The highest BCUT2D eigenvalue weighted by atomic mass is 16.2. The maximum Gasteiger partial charge on any atom is 0.237 e. The molecule has 2 fully saturated rings. The van der Waals surface area contributed by atoms with E-state index in [0.29, 0.717) is 6.54 Å². The highest BCUT2D eigenvalue weighted by Gasteiger charge is 2.37. The molecular weight excluding hydrogens is 276 g/mol. The Morgan fingerprint density at radius 1 is 1.18 bits per heavy atom. The zero-order chi connectivity index (χ0) is 15.9. The Labute approximate surface area is 134 Å². The molecule has 4 heteroatoms. The van der Waals surface area contributed by atoms with Crippen molar-refractivity contribution in [3.63, 3.8) is 0 Å². The van der Waals surface area contributed by atoms with E-state index in [0.717, 1.165) is 31.6 Å². The summed E-state index contributed by atoms with van der Waals surface area (Å²) in [4.78, 5) is 24.6. The third-order valence-corrected chi connectivity index (χ3v) is 5.56. The van der Waals surface area contributed by atoms with Gasteiger partial charge in [-0.2, -0.15) is 0 Å². The van der Waals surface area contributed by atoms with Gasteiger partial charge in [0.15, 0.2) is 0 Å². The number of carbonyl (C=O) groups excluding carboxylic acids is 2. The number of nitrogens with two attached hydrogens (primary N) is 1. The number of Topliss-reactive ketones (excluding diaryl/α,β-unsaturated/α-hetero) is 1. The first-order chi connectivity index (χ1) is 10.6. The van der Waals surface area contributed by atoms with Crippen molar-refractivity contribution in [2.75, 3.05) is 6.54 Å². The summed E-state index contributed by atoms with van der Waals surface area (Å²) < 4.78 is 0. The molecule has 1 aliphatic carbocycles. The summed E-state index contributed by atoms with van der Waals surface area (Å²) in [5, 5.41) is 2.80. The first-order valence-corrected chi connectivity index (χ1v) is 9.20. The number of carbonyl (C=O) groups is 2. The summed E-state index contributed by atoms with van der Waals surface area (Å²) in [6.45, 7) is 2.89. The number of unbranched alkanes of at least 4 members (excludes halogenated alkanes) is 2. The lowest BCUT2D eigenvalue weighted by molar-refractivity contribution is -0.133. The van der Waals surface area contributed by atoms with Gasteiger partial charge in [0.1, 0.15) is 5.78 Å². The Balaban J connectivity index is 1.82. The smallest absolute Gasteiger partial charge is 0.237 e. The Bertz CT molecular complexity index is 375. The molecule has 4 nitrogen and oxygen atoms in total. The van der Waals surface area contributed by atoms with Crippen molar-refractivity contribution in [1.82, 2.24) is 5.32 Å². The average Bonchev–Trinajstić information content (AvgIpc) is 2.70. The van der Waals surface area contributed by atoms with E-state index >= 15 is 0 Å². The first kappa shape index (κ1) is 17.5. The summed E-state index contributed by atoms with van der Waals surface area (Å²) in [7, 11) is 0. The lowest BCUT2D eigenvalue weighted by Gasteiger charge is -2.31. The van der Waals surface area contributed by atoms with E-state index in [1.165, 1.54) is 38.5 Å². The van der Waals surface area contributed by atoms with Crippen molar-refractivity contribution in [1.29, 1.82) is 0 Å². The monoisotopic (exact) mass is 308 g/mol. The molecule has 0 spiro atoms. The molecule has 126 valence electrons. The number of ketones is 1. The summed E-state index contributed by atoms with van der Waals surface area (Å²) >= 11 is 0. The minimum Gasteiger partial charge on any atom is -0.355 e. The Hall–Kier alpha value is -0.900. The fraction of sp³-hybridized carbons (Fsp3) is 0.889. The molecule has 1 unspecified atom stereocenters. The molecule has 2 atom stereocenters. The van der Waals surface area contributed by atoms with E-state index in [1.54, 1.807) is 0 Å². The van der Waals surface area contributed by atoms with E-state index in [1.807, 2.05) is 0 Å². The molecule has 0 aromatic carbocycles. The van der Waals surface area contributed by atoms with E-state index in [9.17, 15) is 9.59 Å². The van der Waals surface area contributed by atoms with Crippen LogP contribution in [0.15, 0.2) is 0 Å². The zero-order valence-electron chi connectivity index (χ0n) is 14.0. The van der Waals surface area contributed by atoms with Gasteiger partial charge in [-0.15, -0.1) is 0 Å². The van der Waals surface area contributed by atoms with E-state index in [2.05, 4.69) is 12.2 Å². The fourth-order valence-electron chi connectivity index (χ4n) is 4.05. The Morgan fingerprint density at radius 3 is 2.59 bits per heavy atom. The maximum absolute atomic E-state index is 12.8. The van der Waals surface area contributed by atoms with Crippen LogP contribution in [-0.4, -0.2) is 24.3 Å². The molecule has 2 aliphatic rings. The van der Waals surface area contributed by atoms with E-state index in [-0.39, 0.29) is 23.5 Å². The predicted octanol–water partition coefficient (Wildman–Crippen LogP) is 2.80. The van der Waals surface area contributed by atoms with Crippen molar-refractivity contribution >= 4 is 11.7 Å². The second-order valence-corrected chi connectivity index (χ2v) is 7.18. The molecule has 0 bridgehead atoms. The quantitative estimate of drug-likeness (QED) is 0.741. The Morgan fingerprint density at radius 2 is 1.91 bits per heavy atom. The lowest BCUT2D eigenvalue weighted by Crippen LogP contribution is -2.47. The average molecular weight is 308 g/mol. The molecule has 1 aliphatic heterocycles. The highest BCUT2D eigenvalue weighted by molar-refractivity contribution is 5.92. The van der Waals surface area contributed by atoms with Gasteiger partial charge in [-0.3, -0.25) is 9.59 Å². The van der Waals surface area contributed by atoms with Crippen molar-refractivity contribution in [3.05, 3.63) is 0 Å². The summed E-state index contributed by atoms with van der Waals surface area (Å²) in [6.07, 6.45) is 11.2. The maximum atomic E-state index is 12.8. The first-order valence-electron chi connectivity index (χ1n) is 9.20. The number of hydrogen-bond acceptors (Lipinski definition) is 3. The molecule has 2 rings (SSSR count). The molecule has 0 radical (unpaired) electrons. The highest BCUT2D eigenvalue weighted by Crippen LogP contribution is 2.35. The van der Waals surface area contributed by atoms with Crippen LogP contribution in [0.5, 0.6) is 0 Å². The standard InChI is InChI=1S/C18H32N2O2/c1-2-3-4-6-13-8-10-14(11-9-13)17(21)15-7-5-12-20-18(22)16(15)19/h13-16H,2-12,19H2,1H3,(H,20,22)/t13?,14?,15?,16-/m0/s1. The van der Waals surface area contributed by atoms with Crippen molar-refractivity contribution in [2.24, 2.45) is 23.5 Å². The largest absolute Gasteiger partial charge is 0.355 e. The van der Waals surface area contributed by atoms with Crippen LogP contribution in [0.3, 0.4) is 0 Å².